The van der Waals surface area contributed by atoms with Crippen LogP contribution in [0.3, 0.4) is 0 Å². The van der Waals surface area contributed by atoms with Gasteiger partial charge < -0.3 is 9.47 Å². The molecule has 2 atom stereocenters. The highest BCUT2D eigenvalue weighted by Crippen LogP contribution is 2.23. The molecule has 0 bridgehead atoms. The molecule has 1 saturated heterocycles. The smallest absolute Gasteiger partial charge is 0.118 e. The Bertz CT molecular complexity index is 380. The lowest BCUT2D eigenvalue weighted by atomic mass is 9.86. The summed E-state index contributed by atoms with van der Waals surface area (Å²) in [5.74, 6) is -0.380. The van der Waals surface area contributed by atoms with E-state index in [0.717, 1.165) is 25.0 Å². The molecule has 0 saturated carbocycles. The fraction of sp³-hybridized carbons (Fsp3) is 0.538. The van der Waals surface area contributed by atoms with Crippen LogP contribution >= 0.6 is 0 Å². The van der Waals surface area contributed by atoms with E-state index in [1.807, 2.05) is 6.07 Å². The van der Waals surface area contributed by atoms with Crippen molar-refractivity contribution in [3.63, 3.8) is 0 Å². The molecular weight excluding hydrogens is 218 g/mol. The lowest BCUT2D eigenvalue weighted by Gasteiger charge is -2.19. The fourth-order valence-electron chi connectivity index (χ4n) is 1.81. The minimum Gasteiger partial charge on any atom is -0.371 e. The molecule has 0 aromatic heterocycles. The van der Waals surface area contributed by atoms with Gasteiger partial charge in [0.15, 0.2) is 0 Å². The zero-order valence-corrected chi connectivity index (χ0v) is 9.99. The number of benzene rings is 1. The van der Waals surface area contributed by atoms with E-state index in [0.29, 0.717) is 6.61 Å². The summed E-state index contributed by atoms with van der Waals surface area (Å²) in [6, 6.07) is 4.86. The van der Waals surface area contributed by atoms with E-state index in [1.165, 1.54) is 6.07 Å². The lowest BCUT2D eigenvalue weighted by molar-refractivity contribution is 0.0364. The predicted octanol–water partition coefficient (Wildman–Crippen LogP) is 1.88. The minimum absolute atomic E-state index is 0.139. The van der Waals surface area contributed by atoms with Gasteiger partial charge in [0.2, 0.25) is 0 Å². The van der Waals surface area contributed by atoms with Crippen molar-refractivity contribution in [2.75, 3.05) is 13.2 Å². The van der Waals surface area contributed by atoms with Crippen LogP contribution in [0.4, 0.5) is 4.39 Å². The molecular formula is C13H16BFO2. The van der Waals surface area contributed by atoms with Gasteiger partial charge in [0.05, 0.1) is 19.3 Å². The van der Waals surface area contributed by atoms with Crippen molar-refractivity contribution in [3.05, 3.63) is 29.6 Å². The molecule has 1 fully saturated rings. The molecule has 1 aliphatic heterocycles. The third kappa shape index (κ3) is 3.30. The highest BCUT2D eigenvalue weighted by molar-refractivity contribution is 6.33. The Hall–Kier alpha value is -0.865. The molecule has 1 aromatic carbocycles. The summed E-state index contributed by atoms with van der Waals surface area (Å²) >= 11 is 0. The van der Waals surface area contributed by atoms with E-state index in [-0.39, 0.29) is 23.5 Å². The molecule has 1 unspecified atom stereocenters. The van der Waals surface area contributed by atoms with Crippen molar-refractivity contribution in [1.82, 2.24) is 0 Å². The normalized spacial score (nSPS) is 20.2. The highest BCUT2D eigenvalue weighted by Gasteiger charge is 2.25. The molecule has 1 heterocycles. The summed E-state index contributed by atoms with van der Waals surface area (Å²) in [6.45, 7) is 3.39. The van der Waals surface area contributed by atoms with Crippen molar-refractivity contribution in [2.24, 2.45) is 0 Å². The number of halogens is 1. The minimum atomic E-state index is -0.380. The average Bonchev–Trinajstić information content (AvgIpc) is 3.12. The topological polar surface area (TPSA) is 21.8 Å². The second-order valence-electron chi connectivity index (χ2n) is 4.31. The molecule has 0 N–H and O–H groups in total. The number of hydrogen-bond donors (Lipinski definition) is 0. The van der Waals surface area contributed by atoms with Crippen molar-refractivity contribution < 1.29 is 13.9 Å². The Morgan fingerprint density at radius 1 is 1.59 bits per heavy atom. The standard InChI is InChI=1S/C13H16BFO2/c1-2-4-12(17-8-9-7-16-9)10-5-3-6-11(15)13(10)14/h3,5-6,9,12H,2,4,7-8H2,1H3/t9?,12-/m1/s1. The van der Waals surface area contributed by atoms with Crippen LogP contribution in [-0.2, 0) is 9.47 Å². The third-order valence-corrected chi connectivity index (χ3v) is 2.87. The first kappa shape index (κ1) is 12.6. The van der Waals surface area contributed by atoms with Crippen molar-refractivity contribution in [2.45, 2.75) is 32.0 Å². The number of epoxide rings is 1. The Labute approximate surface area is 103 Å². The molecule has 4 heteroatoms. The molecule has 0 amide bonds. The molecule has 17 heavy (non-hydrogen) atoms. The maximum atomic E-state index is 13.4. The number of rotatable bonds is 6. The first-order valence-corrected chi connectivity index (χ1v) is 5.99. The molecule has 0 spiro atoms. The molecule has 1 aliphatic rings. The van der Waals surface area contributed by atoms with E-state index in [9.17, 15) is 4.39 Å². The highest BCUT2D eigenvalue weighted by atomic mass is 19.1. The van der Waals surface area contributed by atoms with Gasteiger partial charge in [-0.15, -0.1) is 0 Å². The van der Waals surface area contributed by atoms with E-state index in [2.05, 4.69) is 6.92 Å². The summed E-state index contributed by atoms with van der Waals surface area (Å²) in [6.07, 6.45) is 1.87. The van der Waals surface area contributed by atoms with Crippen LogP contribution in [0, 0.1) is 5.82 Å². The van der Waals surface area contributed by atoms with Crippen LogP contribution in [0.15, 0.2) is 18.2 Å². The van der Waals surface area contributed by atoms with Crippen LogP contribution in [0.2, 0.25) is 0 Å². The van der Waals surface area contributed by atoms with E-state index in [1.54, 1.807) is 6.07 Å². The van der Waals surface area contributed by atoms with Crippen LogP contribution < -0.4 is 5.46 Å². The molecule has 2 radical (unpaired) electrons. The molecule has 90 valence electrons. The quantitative estimate of drug-likeness (QED) is 0.553. The van der Waals surface area contributed by atoms with Gasteiger partial charge in [-0.2, -0.15) is 0 Å². The summed E-state index contributed by atoms with van der Waals surface area (Å²) in [4.78, 5) is 0. The fourth-order valence-corrected chi connectivity index (χ4v) is 1.81. The largest absolute Gasteiger partial charge is 0.371 e. The van der Waals surface area contributed by atoms with E-state index < -0.39 is 0 Å². The zero-order chi connectivity index (χ0) is 12.3. The average molecular weight is 234 g/mol. The first-order chi connectivity index (χ1) is 8.22. The van der Waals surface area contributed by atoms with Gasteiger partial charge in [-0.25, -0.2) is 4.39 Å². The second-order valence-corrected chi connectivity index (χ2v) is 4.31. The molecule has 2 nitrogen and oxygen atoms in total. The monoisotopic (exact) mass is 234 g/mol. The molecule has 0 aliphatic carbocycles. The molecule has 2 rings (SSSR count). The second kappa shape index (κ2) is 5.65. The van der Waals surface area contributed by atoms with Crippen molar-refractivity contribution >= 4 is 13.3 Å². The maximum absolute atomic E-state index is 13.4. The van der Waals surface area contributed by atoms with Crippen LogP contribution in [0.25, 0.3) is 0 Å². The van der Waals surface area contributed by atoms with Crippen molar-refractivity contribution in [3.8, 4) is 0 Å². The Balaban J connectivity index is 2.09. The zero-order valence-electron chi connectivity index (χ0n) is 9.99. The summed E-state index contributed by atoms with van der Waals surface area (Å²) in [5.41, 5.74) is 0.940. The SMILES string of the molecule is [B]c1c(F)cccc1[C@@H](CCC)OCC1CO1. The Kier molecular flexibility index (Phi) is 4.18. The lowest BCUT2D eigenvalue weighted by Crippen LogP contribution is -2.21. The van der Waals surface area contributed by atoms with Gasteiger partial charge in [0, 0.05) is 0 Å². The third-order valence-electron chi connectivity index (χ3n) is 2.87. The van der Waals surface area contributed by atoms with E-state index in [4.69, 9.17) is 17.3 Å². The van der Waals surface area contributed by atoms with Crippen LogP contribution in [0.1, 0.15) is 31.4 Å². The Morgan fingerprint density at radius 2 is 2.35 bits per heavy atom. The number of hydrogen-bond acceptors (Lipinski definition) is 2. The Morgan fingerprint density at radius 3 is 3.00 bits per heavy atom. The summed E-state index contributed by atoms with van der Waals surface area (Å²) in [5, 5.41) is 0. The maximum Gasteiger partial charge on any atom is 0.118 e. The first-order valence-electron chi connectivity index (χ1n) is 5.99. The van der Waals surface area contributed by atoms with Gasteiger partial charge in [-0.3, -0.25) is 0 Å². The number of ether oxygens (including phenoxy) is 2. The van der Waals surface area contributed by atoms with Crippen molar-refractivity contribution in [1.29, 1.82) is 0 Å². The van der Waals surface area contributed by atoms with Gasteiger partial charge in [0.1, 0.15) is 19.8 Å². The van der Waals surface area contributed by atoms with Crippen LogP contribution in [-0.4, -0.2) is 27.2 Å². The van der Waals surface area contributed by atoms with Gasteiger partial charge in [-0.05, 0) is 18.1 Å². The summed E-state index contributed by atoms with van der Waals surface area (Å²) in [7, 11) is 5.75. The molecule has 1 aromatic rings. The summed E-state index contributed by atoms with van der Waals surface area (Å²) < 4.78 is 24.2. The predicted molar refractivity (Wildman–Crippen MR) is 65.1 cm³/mol. The van der Waals surface area contributed by atoms with Gasteiger partial charge >= 0.3 is 0 Å². The van der Waals surface area contributed by atoms with E-state index >= 15 is 0 Å². The van der Waals surface area contributed by atoms with Crippen LogP contribution in [0.5, 0.6) is 0 Å². The van der Waals surface area contributed by atoms with Gasteiger partial charge in [-0.1, -0.05) is 30.9 Å². The van der Waals surface area contributed by atoms with Gasteiger partial charge in [0.25, 0.3) is 0 Å².